The summed E-state index contributed by atoms with van der Waals surface area (Å²) in [5, 5.41) is 106. The molecule has 6 aliphatic rings. The van der Waals surface area contributed by atoms with Crippen LogP contribution in [0.5, 0.6) is 17.2 Å². The first-order valence-corrected chi connectivity index (χ1v) is 32.7. The van der Waals surface area contributed by atoms with Crippen molar-refractivity contribution in [1.29, 1.82) is 0 Å². The molecule has 2 amide bonds. The van der Waals surface area contributed by atoms with Crippen LogP contribution in [-0.2, 0) is 79.5 Å². The molecule has 0 radical (unpaired) electrons. The number of aromatic hydroxyl groups is 2. The summed E-state index contributed by atoms with van der Waals surface area (Å²) < 4.78 is 78.9. The molecule has 5 heterocycles. The highest BCUT2D eigenvalue weighted by molar-refractivity contribution is 6.11. The van der Waals surface area contributed by atoms with E-state index in [1.807, 2.05) is 30.3 Å². The van der Waals surface area contributed by atoms with Crippen molar-refractivity contribution in [3.63, 3.8) is 0 Å². The summed E-state index contributed by atoms with van der Waals surface area (Å²) in [5.41, 5.74) is -1.71. The van der Waals surface area contributed by atoms with E-state index in [9.17, 15) is 55.5 Å². The van der Waals surface area contributed by atoms with Crippen LogP contribution in [0.3, 0.4) is 0 Å². The van der Waals surface area contributed by atoms with Crippen LogP contribution < -0.4 is 15.4 Å². The maximum absolute atomic E-state index is 15.5. The van der Waals surface area contributed by atoms with Crippen molar-refractivity contribution in [2.75, 3.05) is 13.7 Å². The van der Waals surface area contributed by atoms with Gasteiger partial charge >= 0.3 is 12.1 Å². The number of nitrogens with one attached hydrogen (secondary N) is 2. The van der Waals surface area contributed by atoms with Gasteiger partial charge in [-0.3, -0.25) is 9.59 Å². The van der Waals surface area contributed by atoms with Gasteiger partial charge in [0, 0.05) is 57.2 Å². The smallest absolute Gasteiger partial charge is 0.407 e. The van der Waals surface area contributed by atoms with E-state index in [2.05, 4.69) is 10.6 Å². The third-order valence-electron chi connectivity index (χ3n) is 18.5. The molecule has 1 aliphatic carbocycles. The molecule has 0 aromatic heterocycles. The monoisotopic (exact) mass is 1340 g/mol. The molecule has 0 bridgehead atoms. The zero-order valence-corrected chi connectivity index (χ0v) is 55.6. The van der Waals surface area contributed by atoms with Gasteiger partial charge in [0.2, 0.25) is 12.2 Å². The van der Waals surface area contributed by atoms with Crippen LogP contribution in [0.15, 0.2) is 42.5 Å². The van der Waals surface area contributed by atoms with E-state index in [-0.39, 0.29) is 91.3 Å². The summed E-state index contributed by atoms with van der Waals surface area (Å²) in [6.45, 7) is 16.1. The maximum atomic E-state index is 15.5. The Morgan fingerprint density at radius 2 is 1.25 bits per heavy atom. The van der Waals surface area contributed by atoms with Crippen LogP contribution in [0.2, 0.25) is 0 Å². The molecule has 5 saturated heterocycles. The Morgan fingerprint density at radius 1 is 0.705 bits per heavy atom. The first-order valence-electron chi connectivity index (χ1n) is 32.7. The molecule has 28 heteroatoms. The number of esters is 1. The van der Waals surface area contributed by atoms with Gasteiger partial charge in [-0.05, 0) is 124 Å². The van der Waals surface area contributed by atoms with Gasteiger partial charge in [0.05, 0.1) is 71.5 Å². The lowest BCUT2D eigenvalue weighted by Crippen LogP contribution is -2.58. The fourth-order valence-corrected chi connectivity index (χ4v) is 13.2. The van der Waals surface area contributed by atoms with E-state index in [4.69, 9.17) is 61.6 Å². The number of ketones is 1. The second-order valence-electron chi connectivity index (χ2n) is 27.2. The van der Waals surface area contributed by atoms with E-state index < -0.39 is 188 Å². The van der Waals surface area contributed by atoms with Crippen LogP contribution in [0, 0.1) is 12.8 Å². The normalized spacial score (nSPS) is 35.9. The number of hydrogen-bond donors (Lipinski definition) is 11. The number of hydrogen-bond acceptors (Lipinski definition) is 26. The number of alkyl carbamates (subject to hydrolysis) is 1. The van der Waals surface area contributed by atoms with Crippen LogP contribution in [-0.4, -0.2) is 230 Å². The Hall–Kier alpha value is -5.48. The molecule has 3 aromatic carbocycles. The Balaban J connectivity index is 0.980. The van der Waals surface area contributed by atoms with Crippen LogP contribution in [0.1, 0.15) is 141 Å². The molecule has 5 aliphatic heterocycles. The number of fused-ring (bicyclic) bond motifs is 2. The van der Waals surface area contributed by atoms with E-state index in [0.29, 0.717) is 12.8 Å². The number of aliphatic hydroxyl groups is 7. The number of aliphatic hydroxyl groups excluding tert-OH is 6. The van der Waals surface area contributed by atoms with Crippen LogP contribution >= 0.6 is 0 Å². The molecule has 20 unspecified atom stereocenters. The molecule has 28 nitrogen and oxygen atoms in total. The zero-order chi connectivity index (χ0) is 69.1. The predicted molar refractivity (Wildman–Crippen MR) is 332 cm³/mol. The van der Waals surface area contributed by atoms with Gasteiger partial charge in [-0.25, -0.2) is 9.59 Å². The summed E-state index contributed by atoms with van der Waals surface area (Å²) in [4.78, 5) is 57.1. The summed E-state index contributed by atoms with van der Waals surface area (Å²) in [6, 6.07) is 10.9. The fraction of sp³-hybridized carbons (Fsp3) is 0.701. The summed E-state index contributed by atoms with van der Waals surface area (Å²) in [7, 11) is 1.24. The standard InChI is InChI=1S/C67H96N2O26/c1-30-42(90-47-25-43(55(73)32(3)86-47)91-46-24-41(70)54(72)31(2)85-46)23-38-21-37-22-39(61(83-11)63(79)69-40(64(80)95-66(7,8)9)19-15-16-20-68-65(81)84-29-36-17-13-12-14-18-36)60(59(77)52(37)58(76)51(38)53(30)71)94-49-27-44(56(74)34(5)88-49)92-48-26-45(57(75)33(4)87-48)93-50-28-67(10,82)62(78)35(6)89-50/h12-14,17-18,21,23,31-35,39-41,43-50,54-57,60-62,70-76,78,82H,15-16,19-20,22,24-29H2,1-11H3,(H,68,81)(H,69,79)/t31?,32?,33?,34?,35?,39-,40+,41?,43?,44?,45?,46?,47?,48?,49?,50?,54?,55?,56?,57?,60+,61+,62?,67?/m1/s1. The highest BCUT2D eigenvalue weighted by Gasteiger charge is 2.51. The van der Waals surface area contributed by atoms with Gasteiger partial charge in [-0.1, -0.05) is 30.3 Å². The van der Waals surface area contributed by atoms with E-state index in [1.165, 1.54) is 27.0 Å². The number of carbonyl (C=O) groups excluding carboxylic acids is 4. The van der Waals surface area contributed by atoms with Crippen molar-refractivity contribution in [3.8, 4) is 17.2 Å². The molecule has 11 N–H and O–H groups in total. The average Bonchev–Trinajstić information content (AvgIpc) is 0.734. The summed E-state index contributed by atoms with van der Waals surface area (Å²) in [6.07, 6.45) is -24.1. The lowest BCUT2D eigenvalue weighted by atomic mass is 9.76. The number of phenolic OH excluding ortho intramolecular Hbond substituents is 2. The van der Waals surface area contributed by atoms with Crippen molar-refractivity contribution < 1.29 is 127 Å². The average molecular weight is 1350 g/mol. The number of amides is 2. The minimum absolute atomic E-state index is 0.0342. The molecule has 0 spiro atoms. The molecular formula is C67H96N2O26. The van der Waals surface area contributed by atoms with Gasteiger partial charge < -0.3 is 118 Å². The molecule has 9 rings (SSSR count). The number of phenols is 2. The van der Waals surface area contributed by atoms with Gasteiger partial charge in [-0.2, -0.15) is 0 Å². The van der Waals surface area contributed by atoms with Crippen molar-refractivity contribution in [2.45, 2.75) is 280 Å². The minimum Gasteiger partial charge on any atom is -0.507 e. The third kappa shape index (κ3) is 17.7. The largest absolute Gasteiger partial charge is 0.507 e. The maximum Gasteiger partial charge on any atom is 0.407 e. The van der Waals surface area contributed by atoms with Crippen molar-refractivity contribution in [1.82, 2.24) is 10.6 Å². The number of Topliss-reactive ketones (excluding diaryl/α,β-unsaturated/α-hetero) is 1. The molecule has 24 atom stereocenters. The Morgan fingerprint density at radius 3 is 1.83 bits per heavy atom. The Kier molecular flexibility index (Phi) is 24.2. The molecule has 95 heavy (non-hydrogen) atoms. The molecule has 530 valence electrons. The highest BCUT2D eigenvalue weighted by atomic mass is 16.7. The number of benzene rings is 3. The summed E-state index contributed by atoms with van der Waals surface area (Å²) >= 11 is 0. The predicted octanol–water partition coefficient (Wildman–Crippen LogP) is 3.36. The number of unbranched alkanes of at least 4 members (excludes halogenated alkanes) is 1. The van der Waals surface area contributed by atoms with E-state index in [0.717, 1.165) is 5.56 Å². The quantitative estimate of drug-likeness (QED) is 0.0507. The minimum atomic E-state index is -1.70. The van der Waals surface area contributed by atoms with Gasteiger partial charge in [0.1, 0.15) is 78.2 Å². The number of carbonyl (C=O) groups is 4. The Bertz CT molecular complexity index is 3100. The molecule has 3 aromatic rings. The van der Waals surface area contributed by atoms with Gasteiger partial charge in [-0.15, -0.1) is 0 Å². The highest BCUT2D eigenvalue weighted by Crippen LogP contribution is 2.48. The molecule has 0 saturated carbocycles. The van der Waals surface area contributed by atoms with E-state index in [1.54, 1.807) is 61.5 Å². The summed E-state index contributed by atoms with van der Waals surface area (Å²) in [5.74, 6) is -4.79. The fourth-order valence-electron chi connectivity index (χ4n) is 13.2. The second kappa shape index (κ2) is 31.2. The molecule has 5 fully saturated rings. The van der Waals surface area contributed by atoms with Crippen molar-refractivity contribution in [3.05, 3.63) is 64.7 Å². The van der Waals surface area contributed by atoms with Crippen LogP contribution in [0.25, 0.3) is 10.8 Å². The Labute approximate surface area is 551 Å². The molecular weight excluding hydrogens is 1250 g/mol. The zero-order valence-electron chi connectivity index (χ0n) is 55.6. The number of methoxy groups -OCH3 is 1. The number of rotatable bonds is 22. The van der Waals surface area contributed by atoms with Crippen molar-refractivity contribution >= 4 is 34.5 Å². The second-order valence-corrected chi connectivity index (χ2v) is 27.2. The van der Waals surface area contributed by atoms with Gasteiger partial charge in [0.15, 0.2) is 30.9 Å². The van der Waals surface area contributed by atoms with Gasteiger partial charge in [0.25, 0.3) is 0 Å². The third-order valence-corrected chi connectivity index (χ3v) is 18.5. The first kappa shape index (κ1) is 73.8. The van der Waals surface area contributed by atoms with Crippen molar-refractivity contribution in [2.24, 2.45) is 5.92 Å². The lowest BCUT2D eigenvalue weighted by molar-refractivity contribution is -0.334. The lowest BCUT2D eigenvalue weighted by Gasteiger charge is -2.46. The topological polar surface area (TPSA) is 394 Å². The number of ether oxygens (including phenoxy) is 13. The first-order chi connectivity index (χ1) is 44.8. The van der Waals surface area contributed by atoms with E-state index >= 15 is 9.59 Å². The van der Waals surface area contributed by atoms with Crippen LogP contribution in [0.4, 0.5) is 4.79 Å². The SMILES string of the molecule is CO[C@H](C(=O)N[C@@H](CCCCNC(=O)OCc1ccccc1)C(=O)OC(C)(C)C)[C@@H]1Cc2cc3cc(OC4CC(OC5CC(O)C(O)C(C)O5)C(O)C(C)O4)c(C)c(O)c3c(O)c2C(=O)[C@H]1OC1CC(OC2CC(OC3CC(C)(O)C(O)C(C)O3)C(O)C(C)O2)C(O)C(C)O1.